The van der Waals surface area contributed by atoms with Crippen molar-refractivity contribution < 1.29 is 9.18 Å². The second-order valence-electron chi connectivity index (χ2n) is 40.1. The third-order valence-corrected chi connectivity index (χ3v) is 33.8. The number of halogens is 1. The second-order valence-corrected chi connectivity index (χ2v) is 40.1. The van der Waals surface area contributed by atoms with Gasteiger partial charge in [0.15, 0.2) is 0 Å². The molecular weight excluding hydrogens is 1040 g/mol. The Bertz CT molecular complexity index is 2240. The van der Waals surface area contributed by atoms with Gasteiger partial charge >= 0.3 is 0 Å². The van der Waals surface area contributed by atoms with E-state index in [0.717, 1.165) is 96.7 Å². The molecule has 486 valence electrons. The first-order valence-electron chi connectivity index (χ1n) is 39.9. The molecule has 29 aliphatic carbocycles. The van der Waals surface area contributed by atoms with E-state index in [0.29, 0.717) is 27.9 Å². The van der Waals surface area contributed by atoms with Gasteiger partial charge in [0, 0.05) is 12.3 Å². The number of fused-ring (bicyclic) bond motifs is 14. The summed E-state index contributed by atoms with van der Waals surface area (Å²) in [6, 6.07) is 0. The third kappa shape index (κ3) is 13.7. The summed E-state index contributed by atoms with van der Waals surface area (Å²) < 4.78 is 13.1. The molecule has 0 N–H and O–H groups in total. The number of hydrogen-bond donors (Lipinski definition) is 0. The zero-order valence-corrected chi connectivity index (χ0v) is 58.0. The third-order valence-electron chi connectivity index (χ3n) is 33.8. The van der Waals surface area contributed by atoms with Crippen LogP contribution in [0.2, 0.25) is 0 Å². The lowest BCUT2D eigenvalue weighted by molar-refractivity contribution is -0.121. The number of Topliss-reactive ketones (excluding diaryl/α,β-unsaturated/α-hetero) is 1. The van der Waals surface area contributed by atoms with Crippen LogP contribution in [0, 0.1) is 169 Å². The predicted molar refractivity (Wildman–Crippen MR) is 359 cm³/mol. The molecule has 29 rings (SSSR count). The standard InChI is InChI=1S/C10H18.C10H16.C9H16.C7H11F.C7H10O.C7H10.C7H12.3C6H10.C5H8.C4H6/c2*1-7-8-4-5-9(6-8)10(7,2)3;1-8(2)7-4-5-9(8,3)6-7;8-7-3-1-6(5-7)2-4-7;8-7-4-5-1-2-6(7)3-5;1-4-2-6-5(1)7(6)3-4;1-2-4-7-5-6(7)3-1;1-6-2-5(3-6)4-6;1-2-6-3-5(1)4-6;1-2-5-4-6(5)3-1;1-2-5-3-4(1)5;1-3-2-4(1)3/h7-9H,4-6H2,1-3H3;8-9H,1,4-6H2,2-3H3;7H,4-6H2,1-3H3;6H,1-5H2;5-6H,1-4H2;4-7H,1-3H2;6-7H,1-5H2;5H,2-4H2,1H3;2*5-6H,1-4H2;4-5H,1-3H2;3-4H,1-2H2. The maximum absolute atomic E-state index is 13.1. The van der Waals surface area contributed by atoms with Gasteiger partial charge in [-0.15, -0.1) is 0 Å². The van der Waals surface area contributed by atoms with E-state index in [4.69, 9.17) is 0 Å². The maximum atomic E-state index is 13.1. The molecule has 0 spiro atoms. The van der Waals surface area contributed by atoms with E-state index in [9.17, 15) is 9.18 Å². The van der Waals surface area contributed by atoms with E-state index in [1.54, 1.807) is 135 Å². The lowest BCUT2D eigenvalue weighted by Crippen LogP contribution is -2.48. The fourth-order valence-corrected chi connectivity index (χ4v) is 24.8. The Morgan fingerprint density at radius 1 is 0.384 bits per heavy atom. The van der Waals surface area contributed by atoms with Crippen LogP contribution >= 0.6 is 0 Å². The average molecular weight is 1180 g/mol. The highest BCUT2D eigenvalue weighted by Crippen LogP contribution is 2.71. The van der Waals surface area contributed by atoms with E-state index >= 15 is 0 Å². The molecule has 29 saturated carbocycles. The molecule has 2 heteroatoms. The van der Waals surface area contributed by atoms with Gasteiger partial charge in [0.25, 0.3) is 0 Å². The molecule has 0 aromatic carbocycles. The fourth-order valence-electron chi connectivity index (χ4n) is 24.8. The van der Waals surface area contributed by atoms with Crippen LogP contribution in [0.4, 0.5) is 4.39 Å². The first-order chi connectivity index (χ1) is 41.0. The van der Waals surface area contributed by atoms with Crippen LogP contribution < -0.4 is 0 Å². The normalized spacial score (nSPS) is 53.1. The van der Waals surface area contributed by atoms with Gasteiger partial charge in [0.2, 0.25) is 0 Å². The summed E-state index contributed by atoms with van der Waals surface area (Å²) in [4.78, 5) is 10.8. The van der Waals surface area contributed by atoms with Crippen LogP contribution in [0.15, 0.2) is 12.2 Å². The van der Waals surface area contributed by atoms with Crippen molar-refractivity contribution in [3.8, 4) is 0 Å². The zero-order chi connectivity index (χ0) is 59.7. The molecule has 0 aliphatic heterocycles. The van der Waals surface area contributed by atoms with Gasteiger partial charge < -0.3 is 0 Å². The van der Waals surface area contributed by atoms with Crippen LogP contribution in [0.1, 0.15) is 332 Å². The molecule has 0 radical (unpaired) electrons. The Labute approximate surface area is 531 Å². The number of rotatable bonds is 0. The maximum Gasteiger partial charge on any atom is 0.136 e. The topological polar surface area (TPSA) is 17.1 Å². The lowest BCUT2D eigenvalue weighted by atomic mass is 9.46. The summed E-state index contributed by atoms with van der Waals surface area (Å²) in [7, 11) is 0. The van der Waals surface area contributed by atoms with Gasteiger partial charge in [-0.3, -0.25) is 4.79 Å². The number of allylic oxidation sites excluding steroid dienone is 1. The molecular formula is C84H137FO. The second kappa shape index (κ2) is 24.3. The van der Waals surface area contributed by atoms with Crippen LogP contribution in [0.5, 0.6) is 0 Å². The van der Waals surface area contributed by atoms with Gasteiger partial charge in [-0.2, -0.15) is 0 Å². The van der Waals surface area contributed by atoms with Crippen molar-refractivity contribution in [2.45, 2.75) is 338 Å². The average Bonchev–Trinajstić information content (AvgIpc) is 1.54. The van der Waals surface area contributed by atoms with Crippen LogP contribution in [-0.4, -0.2) is 11.5 Å². The number of hydrogen-bond acceptors (Lipinski definition) is 1. The van der Waals surface area contributed by atoms with Gasteiger partial charge in [-0.25, -0.2) is 4.39 Å². The van der Waals surface area contributed by atoms with E-state index in [1.165, 1.54) is 191 Å². The molecule has 0 amide bonds. The Morgan fingerprint density at radius 2 is 0.872 bits per heavy atom. The van der Waals surface area contributed by atoms with Gasteiger partial charge in [0.05, 0.1) is 0 Å². The van der Waals surface area contributed by atoms with Crippen LogP contribution in [0.3, 0.4) is 0 Å². The summed E-state index contributed by atoms with van der Waals surface area (Å²) in [5, 5.41) is 0. The Morgan fingerprint density at radius 3 is 1.06 bits per heavy atom. The van der Waals surface area contributed by atoms with E-state index in [2.05, 4.69) is 68.9 Å². The van der Waals surface area contributed by atoms with Crippen molar-refractivity contribution in [2.24, 2.45) is 169 Å². The largest absolute Gasteiger partial charge is 0.299 e. The van der Waals surface area contributed by atoms with Gasteiger partial charge in [-0.1, -0.05) is 132 Å². The van der Waals surface area contributed by atoms with Gasteiger partial charge in [-0.05, 0) is 369 Å². The van der Waals surface area contributed by atoms with Crippen molar-refractivity contribution >= 4 is 5.78 Å². The minimum Gasteiger partial charge on any atom is -0.299 e. The molecule has 18 bridgehead atoms. The summed E-state index contributed by atoms with van der Waals surface area (Å²) in [6.07, 6.45) is 60.6. The zero-order valence-electron chi connectivity index (χ0n) is 58.0. The first kappa shape index (κ1) is 62.8. The Balaban J connectivity index is 0.0000000833. The van der Waals surface area contributed by atoms with Crippen molar-refractivity contribution in [3.63, 3.8) is 0 Å². The summed E-state index contributed by atoms with van der Waals surface area (Å²) >= 11 is 0. The minimum absolute atomic E-state index is 0.475. The smallest absolute Gasteiger partial charge is 0.136 e. The lowest BCUT2D eigenvalue weighted by Gasteiger charge is -2.60. The number of carbonyl (C=O) groups is 1. The Hall–Kier alpha value is -0.660. The highest BCUT2D eigenvalue weighted by atomic mass is 19.1. The molecule has 0 aromatic heterocycles. The van der Waals surface area contributed by atoms with Crippen molar-refractivity contribution in [3.05, 3.63) is 12.2 Å². The quantitative estimate of drug-likeness (QED) is 0.221. The molecule has 86 heavy (non-hydrogen) atoms. The Kier molecular flexibility index (Phi) is 17.7. The van der Waals surface area contributed by atoms with Crippen LogP contribution in [0.25, 0.3) is 0 Å². The highest BCUT2D eigenvalue weighted by Gasteiger charge is 2.63. The first-order valence-corrected chi connectivity index (χ1v) is 39.9. The summed E-state index contributed by atoms with van der Waals surface area (Å²) in [5.41, 5.74) is 4.27. The molecule has 29 fully saturated rings. The number of alkyl halides is 1. The van der Waals surface area contributed by atoms with Crippen molar-refractivity contribution in [2.75, 3.05) is 0 Å². The van der Waals surface area contributed by atoms with Crippen molar-refractivity contribution in [1.82, 2.24) is 0 Å². The predicted octanol–water partition coefficient (Wildman–Crippen LogP) is 24.3. The van der Waals surface area contributed by atoms with E-state index in [1.807, 2.05) is 0 Å². The molecule has 29 aliphatic rings. The fraction of sp³-hybridized carbons (Fsp3) is 0.964. The molecule has 1 nitrogen and oxygen atoms in total. The van der Waals surface area contributed by atoms with Gasteiger partial charge in [0.1, 0.15) is 11.5 Å². The summed E-state index contributed by atoms with van der Waals surface area (Å²) in [6.45, 7) is 26.0. The molecule has 0 heterocycles. The molecule has 15 unspecified atom stereocenters. The van der Waals surface area contributed by atoms with Crippen LogP contribution in [-0.2, 0) is 4.79 Å². The highest BCUT2D eigenvalue weighted by molar-refractivity contribution is 5.84. The van der Waals surface area contributed by atoms with Crippen molar-refractivity contribution in [1.29, 1.82) is 0 Å². The number of carbonyl (C=O) groups excluding carboxylic acids is 1. The molecule has 0 saturated heterocycles. The van der Waals surface area contributed by atoms with E-state index < -0.39 is 5.67 Å². The number of ketones is 1. The molecule has 0 aromatic rings. The minimum atomic E-state index is -0.690. The van der Waals surface area contributed by atoms with E-state index in [-0.39, 0.29) is 0 Å². The molecule has 15 atom stereocenters. The SMILES string of the molecule is C1C2CC12.C1C2CC3C1C3C2.C1CC2CC12.C1CC2CC1C2.C1CC2CC2C1.C1CCC2CC2C1.C=C1C2CCC(C2)C1(C)C.CC12CC(C1)C2.CC12CCC(C1)C2(C)C.CC1C2CCC(C2)C1(C)C.FC12CCC(CC1)C2.O=C1CC2CCC1C2. The summed E-state index contributed by atoms with van der Waals surface area (Å²) in [5.74, 6) is 27.0. The monoisotopic (exact) mass is 1180 g/mol.